The van der Waals surface area contributed by atoms with E-state index in [1.54, 1.807) is 23.0 Å². The van der Waals surface area contributed by atoms with Crippen LogP contribution in [0.5, 0.6) is 0 Å². The molecule has 0 bridgehead atoms. The third kappa shape index (κ3) is 1.88. The SMILES string of the molecule is NC(=S)c1c(F)cccc1-n1cnc2ccccc21. The van der Waals surface area contributed by atoms with Crippen molar-refractivity contribution in [1.82, 2.24) is 9.55 Å². The molecule has 0 fully saturated rings. The number of para-hydroxylation sites is 2. The second kappa shape index (κ2) is 4.44. The Balaban J connectivity index is 2.33. The fourth-order valence-corrected chi connectivity index (χ4v) is 2.31. The Morgan fingerprint density at radius 3 is 2.74 bits per heavy atom. The van der Waals surface area contributed by atoms with Crippen LogP contribution in [0.3, 0.4) is 0 Å². The number of hydrogen-bond acceptors (Lipinski definition) is 2. The van der Waals surface area contributed by atoms with Gasteiger partial charge < -0.3 is 5.73 Å². The van der Waals surface area contributed by atoms with Gasteiger partial charge in [-0.05, 0) is 24.3 Å². The molecule has 1 aromatic heterocycles. The van der Waals surface area contributed by atoms with Crippen LogP contribution < -0.4 is 5.73 Å². The Morgan fingerprint density at radius 1 is 1.16 bits per heavy atom. The minimum Gasteiger partial charge on any atom is -0.389 e. The molecule has 3 rings (SSSR count). The highest BCUT2D eigenvalue weighted by Gasteiger charge is 2.14. The van der Waals surface area contributed by atoms with Gasteiger partial charge in [0.15, 0.2) is 0 Å². The summed E-state index contributed by atoms with van der Waals surface area (Å²) in [5.41, 5.74) is 8.17. The molecule has 0 spiro atoms. The van der Waals surface area contributed by atoms with E-state index in [0.717, 1.165) is 11.0 Å². The van der Waals surface area contributed by atoms with Crippen LogP contribution in [-0.4, -0.2) is 14.5 Å². The van der Waals surface area contributed by atoms with E-state index in [9.17, 15) is 4.39 Å². The van der Waals surface area contributed by atoms with E-state index in [0.29, 0.717) is 5.69 Å². The van der Waals surface area contributed by atoms with E-state index in [-0.39, 0.29) is 10.6 Å². The Morgan fingerprint density at radius 2 is 1.95 bits per heavy atom. The molecular weight excluding hydrogens is 261 g/mol. The number of thiocarbonyl (C=S) groups is 1. The molecule has 94 valence electrons. The van der Waals surface area contributed by atoms with E-state index in [1.165, 1.54) is 6.07 Å². The topological polar surface area (TPSA) is 43.8 Å². The number of imidazole rings is 1. The van der Waals surface area contributed by atoms with Gasteiger partial charge in [-0.2, -0.15) is 0 Å². The van der Waals surface area contributed by atoms with Gasteiger partial charge in [0.25, 0.3) is 0 Å². The summed E-state index contributed by atoms with van der Waals surface area (Å²) in [5.74, 6) is -0.428. The van der Waals surface area contributed by atoms with Crippen LogP contribution in [0.15, 0.2) is 48.8 Å². The maximum absolute atomic E-state index is 13.9. The van der Waals surface area contributed by atoms with E-state index in [4.69, 9.17) is 18.0 Å². The van der Waals surface area contributed by atoms with Crippen molar-refractivity contribution >= 4 is 28.2 Å². The van der Waals surface area contributed by atoms with Gasteiger partial charge in [-0.1, -0.05) is 30.4 Å². The lowest BCUT2D eigenvalue weighted by Crippen LogP contribution is -2.15. The molecule has 0 unspecified atom stereocenters. The average Bonchev–Trinajstić information content (AvgIpc) is 2.81. The maximum Gasteiger partial charge on any atom is 0.135 e. The maximum atomic E-state index is 13.9. The molecule has 0 aliphatic carbocycles. The molecule has 19 heavy (non-hydrogen) atoms. The first kappa shape index (κ1) is 11.8. The number of fused-ring (bicyclic) bond motifs is 1. The van der Waals surface area contributed by atoms with Crippen LogP contribution in [0, 0.1) is 5.82 Å². The molecule has 0 saturated carbocycles. The Bertz CT molecular complexity index is 779. The number of rotatable bonds is 2. The molecule has 0 radical (unpaired) electrons. The average molecular weight is 271 g/mol. The molecule has 1 heterocycles. The molecule has 3 aromatic rings. The van der Waals surface area contributed by atoms with Gasteiger partial charge in [-0.15, -0.1) is 0 Å². The Labute approximate surface area is 114 Å². The first-order valence-electron chi connectivity index (χ1n) is 5.69. The van der Waals surface area contributed by atoms with Gasteiger partial charge in [0.05, 0.1) is 22.3 Å². The molecule has 0 aliphatic heterocycles. The minimum atomic E-state index is -0.428. The number of aromatic nitrogens is 2. The van der Waals surface area contributed by atoms with Crippen LogP contribution in [0.4, 0.5) is 4.39 Å². The highest BCUT2D eigenvalue weighted by atomic mass is 32.1. The zero-order chi connectivity index (χ0) is 13.4. The lowest BCUT2D eigenvalue weighted by atomic mass is 10.1. The van der Waals surface area contributed by atoms with Crippen molar-refractivity contribution in [3.63, 3.8) is 0 Å². The van der Waals surface area contributed by atoms with E-state index < -0.39 is 5.82 Å². The van der Waals surface area contributed by atoms with Gasteiger partial charge in [-0.25, -0.2) is 9.37 Å². The summed E-state index contributed by atoms with van der Waals surface area (Å²) in [6.07, 6.45) is 1.64. The van der Waals surface area contributed by atoms with Crippen molar-refractivity contribution in [1.29, 1.82) is 0 Å². The van der Waals surface area contributed by atoms with Crippen molar-refractivity contribution in [2.75, 3.05) is 0 Å². The van der Waals surface area contributed by atoms with Gasteiger partial charge in [-0.3, -0.25) is 4.57 Å². The molecule has 5 heteroatoms. The fourth-order valence-electron chi connectivity index (χ4n) is 2.11. The van der Waals surface area contributed by atoms with Crippen molar-refractivity contribution in [3.05, 3.63) is 60.2 Å². The molecule has 0 aliphatic rings. The molecule has 2 N–H and O–H groups in total. The van der Waals surface area contributed by atoms with Gasteiger partial charge in [0, 0.05) is 0 Å². The van der Waals surface area contributed by atoms with Gasteiger partial charge >= 0.3 is 0 Å². The minimum absolute atomic E-state index is 0.0332. The van der Waals surface area contributed by atoms with Crippen molar-refractivity contribution < 1.29 is 4.39 Å². The zero-order valence-electron chi connectivity index (χ0n) is 9.88. The third-order valence-corrected chi connectivity index (χ3v) is 3.16. The molecule has 3 nitrogen and oxygen atoms in total. The standard InChI is InChI=1S/C14H10FN3S/c15-9-4-3-7-12(13(9)14(16)19)18-8-17-10-5-1-2-6-11(10)18/h1-8H,(H2,16,19). The molecular formula is C14H10FN3S. The predicted octanol–water partition coefficient (Wildman–Crippen LogP) is 2.80. The summed E-state index contributed by atoms with van der Waals surface area (Å²) in [4.78, 5) is 4.31. The smallest absolute Gasteiger partial charge is 0.135 e. The summed E-state index contributed by atoms with van der Waals surface area (Å²) in [5, 5.41) is 0. The van der Waals surface area contributed by atoms with Gasteiger partial charge in [0.1, 0.15) is 17.1 Å². The summed E-state index contributed by atoms with van der Waals surface area (Å²) in [6, 6.07) is 12.4. The third-order valence-electron chi connectivity index (χ3n) is 2.95. The second-order valence-electron chi connectivity index (χ2n) is 4.10. The summed E-state index contributed by atoms with van der Waals surface area (Å²) in [6.45, 7) is 0. The lowest BCUT2D eigenvalue weighted by Gasteiger charge is -2.10. The van der Waals surface area contributed by atoms with Crippen LogP contribution >= 0.6 is 12.2 Å². The number of hydrogen-bond donors (Lipinski definition) is 1. The first-order chi connectivity index (χ1) is 9.18. The molecule has 2 aromatic carbocycles. The number of nitrogens with two attached hydrogens (primary N) is 1. The summed E-state index contributed by atoms with van der Waals surface area (Å²) >= 11 is 4.94. The van der Waals surface area contributed by atoms with Crippen molar-refractivity contribution in [2.45, 2.75) is 0 Å². The van der Waals surface area contributed by atoms with Crippen LogP contribution in [0.2, 0.25) is 0 Å². The van der Waals surface area contributed by atoms with E-state index >= 15 is 0 Å². The monoisotopic (exact) mass is 271 g/mol. The Kier molecular flexibility index (Phi) is 2.76. The number of benzene rings is 2. The fraction of sp³-hybridized carbons (Fsp3) is 0. The first-order valence-corrected chi connectivity index (χ1v) is 6.10. The Hall–Kier alpha value is -2.27. The highest BCUT2D eigenvalue weighted by Crippen LogP contribution is 2.22. The highest BCUT2D eigenvalue weighted by molar-refractivity contribution is 7.80. The molecule has 0 amide bonds. The largest absolute Gasteiger partial charge is 0.389 e. The second-order valence-corrected chi connectivity index (χ2v) is 4.54. The van der Waals surface area contributed by atoms with Gasteiger partial charge in [0.2, 0.25) is 0 Å². The number of halogens is 1. The van der Waals surface area contributed by atoms with Crippen molar-refractivity contribution in [2.24, 2.45) is 5.73 Å². The molecule has 0 saturated heterocycles. The lowest BCUT2D eigenvalue weighted by molar-refractivity contribution is 0.624. The summed E-state index contributed by atoms with van der Waals surface area (Å²) < 4.78 is 15.7. The van der Waals surface area contributed by atoms with E-state index in [2.05, 4.69) is 4.98 Å². The molecule has 0 atom stereocenters. The van der Waals surface area contributed by atoms with Crippen LogP contribution in [-0.2, 0) is 0 Å². The van der Waals surface area contributed by atoms with Crippen molar-refractivity contribution in [3.8, 4) is 5.69 Å². The van der Waals surface area contributed by atoms with Crippen LogP contribution in [0.1, 0.15) is 5.56 Å². The quantitative estimate of drug-likeness (QED) is 0.729. The zero-order valence-corrected chi connectivity index (χ0v) is 10.7. The normalized spacial score (nSPS) is 10.8. The predicted molar refractivity (Wildman–Crippen MR) is 76.9 cm³/mol. The van der Waals surface area contributed by atoms with E-state index in [1.807, 2.05) is 24.3 Å². The van der Waals surface area contributed by atoms with Crippen LogP contribution in [0.25, 0.3) is 16.7 Å². The number of nitrogens with zero attached hydrogens (tertiary/aromatic N) is 2. The summed E-state index contributed by atoms with van der Waals surface area (Å²) in [7, 11) is 0.